The number of methoxy groups -OCH3 is 1. The van der Waals surface area contributed by atoms with E-state index in [1.165, 1.54) is 0 Å². The van der Waals surface area contributed by atoms with Gasteiger partial charge < -0.3 is 20.5 Å². The van der Waals surface area contributed by atoms with Crippen molar-refractivity contribution in [2.75, 3.05) is 26.1 Å². The van der Waals surface area contributed by atoms with Crippen LogP contribution < -0.4 is 15.8 Å². The maximum Gasteiger partial charge on any atom is 0.251 e. The Labute approximate surface area is 113 Å². The van der Waals surface area contributed by atoms with Gasteiger partial charge in [0.15, 0.2) is 0 Å². The van der Waals surface area contributed by atoms with Gasteiger partial charge in [0, 0.05) is 23.9 Å². The first-order valence-corrected chi connectivity index (χ1v) is 6.37. The van der Waals surface area contributed by atoms with E-state index in [2.05, 4.69) is 5.32 Å². The summed E-state index contributed by atoms with van der Waals surface area (Å²) in [6, 6.07) is 5.01. The van der Waals surface area contributed by atoms with Crippen LogP contribution in [-0.2, 0) is 4.74 Å². The van der Waals surface area contributed by atoms with E-state index in [9.17, 15) is 4.79 Å². The molecule has 1 aliphatic heterocycles. The fourth-order valence-corrected chi connectivity index (χ4v) is 2.25. The average molecular weight is 264 g/mol. The Bertz CT molecular complexity index is 468. The molecule has 0 radical (unpaired) electrons. The van der Waals surface area contributed by atoms with Crippen molar-refractivity contribution in [1.29, 1.82) is 0 Å². The van der Waals surface area contributed by atoms with E-state index >= 15 is 0 Å². The van der Waals surface area contributed by atoms with Crippen molar-refractivity contribution in [3.8, 4) is 5.75 Å². The molecule has 5 nitrogen and oxygen atoms in total. The van der Waals surface area contributed by atoms with Crippen LogP contribution in [0.1, 0.15) is 30.1 Å². The number of hydrogen-bond acceptors (Lipinski definition) is 4. The third-order valence-corrected chi connectivity index (χ3v) is 3.28. The van der Waals surface area contributed by atoms with E-state index in [1.54, 1.807) is 25.3 Å². The molecule has 0 bridgehead atoms. The van der Waals surface area contributed by atoms with Crippen molar-refractivity contribution >= 4 is 11.6 Å². The lowest BCUT2D eigenvalue weighted by atomic mass is 9.94. The Morgan fingerprint density at radius 1 is 1.47 bits per heavy atom. The van der Waals surface area contributed by atoms with Gasteiger partial charge in [-0.3, -0.25) is 4.79 Å². The van der Waals surface area contributed by atoms with Gasteiger partial charge in [-0.25, -0.2) is 0 Å². The van der Waals surface area contributed by atoms with Crippen molar-refractivity contribution in [2.24, 2.45) is 0 Å². The summed E-state index contributed by atoms with van der Waals surface area (Å²) in [5.41, 5.74) is 6.45. The molecule has 104 valence electrons. The molecular formula is C14H20N2O3. The van der Waals surface area contributed by atoms with Crippen LogP contribution in [0.4, 0.5) is 5.69 Å². The quantitative estimate of drug-likeness (QED) is 0.813. The maximum atomic E-state index is 12.3. The molecule has 1 saturated heterocycles. The van der Waals surface area contributed by atoms with Crippen LogP contribution in [0, 0.1) is 0 Å². The van der Waals surface area contributed by atoms with Crippen LogP contribution in [0.25, 0.3) is 0 Å². The van der Waals surface area contributed by atoms with Crippen molar-refractivity contribution < 1.29 is 14.3 Å². The predicted molar refractivity (Wildman–Crippen MR) is 73.3 cm³/mol. The van der Waals surface area contributed by atoms with Crippen LogP contribution in [0.2, 0.25) is 0 Å². The summed E-state index contributed by atoms with van der Waals surface area (Å²) in [7, 11) is 1.55. The third-order valence-electron chi connectivity index (χ3n) is 3.28. The molecule has 1 atom stereocenters. The molecule has 0 spiro atoms. The van der Waals surface area contributed by atoms with Gasteiger partial charge in [-0.1, -0.05) is 0 Å². The first kappa shape index (κ1) is 13.7. The number of nitrogens with one attached hydrogen (secondary N) is 1. The highest BCUT2D eigenvalue weighted by Crippen LogP contribution is 2.22. The highest BCUT2D eigenvalue weighted by molar-refractivity contribution is 5.96. The zero-order valence-electron chi connectivity index (χ0n) is 11.4. The number of carbonyl (C=O) groups excluding carboxylic acids is 1. The number of carbonyl (C=O) groups is 1. The van der Waals surface area contributed by atoms with E-state index in [0.717, 1.165) is 19.4 Å². The zero-order chi connectivity index (χ0) is 13.9. The summed E-state index contributed by atoms with van der Waals surface area (Å²) in [4.78, 5) is 12.3. The number of hydrogen-bond donors (Lipinski definition) is 2. The number of benzene rings is 1. The Balaban J connectivity index is 2.13. The summed E-state index contributed by atoms with van der Waals surface area (Å²) >= 11 is 0. The first-order chi connectivity index (χ1) is 9.02. The molecule has 0 aromatic heterocycles. The Hall–Kier alpha value is -1.75. The van der Waals surface area contributed by atoms with Gasteiger partial charge in [0.1, 0.15) is 5.75 Å². The smallest absolute Gasteiger partial charge is 0.251 e. The minimum atomic E-state index is -0.312. The number of rotatable bonds is 3. The third kappa shape index (κ3) is 3.38. The molecule has 0 saturated carbocycles. The van der Waals surface area contributed by atoms with E-state index in [0.29, 0.717) is 23.6 Å². The number of nitrogens with two attached hydrogens (primary N) is 1. The van der Waals surface area contributed by atoms with Gasteiger partial charge in [0.05, 0.1) is 19.3 Å². The number of anilines is 1. The second-order valence-corrected chi connectivity index (χ2v) is 5.17. The van der Waals surface area contributed by atoms with Gasteiger partial charge in [-0.15, -0.1) is 0 Å². The highest BCUT2D eigenvalue weighted by Gasteiger charge is 2.29. The molecule has 1 fully saturated rings. The van der Waals surface area contributed by atoms with Gasteiger partial charge in [-0.2, -0.15) is 0 Å². The van der Waals surface area contributed by atoms with Gasteiger partial charge in [0.25, 0.3) is 5.91 Å². The van der Waals surface area contributed by atoms with Crippen LogP contribution in [0.5, 0.6) is 5.75 Å². The number of ether oxygens (including phenoxy) is 2. The molecule has 1 aromatic rings. The lowest BCUT2D eigenvalue weighted by Gasteiger charge is -2.34. The second kappa shape index (κ2) is 5.48. The minimum Gasteiger partial charge on any atom is -0.497 e. The standard InChI is InChI=1S/C14H20N2O3/c1-14(4-3-5-19-9-14)16-13(17)10-6-11(15)8-12(7-10)18-2/h6-8H,3-5,9,15H2,1-2H3,(H,16,17). The maximum absolute atomic E-state index is 12.3. The largest absolute Gasteiger partial charge is 0.497 e. The molecule has 3 N–H and O–H groups in total. The summed E-state index contributed by atoms with van der Waals surface area (Å²) in [5, 5.41) is 3.02. The van der Waals surface area contributed by atoms with Gasteiger partial charge in [-0.05, 0) is 31.9 Å². The first-order valence-electron chi connectivity index (χ1n) is 6.37. The Kier molecular flexibility index (Phi) is 3.95. The molecule has 1 aromatic carbocycles. The number of nitrogen functional groups attached to an aromatic ring is 1. The lowest BCUT2D eigenvalue weighted by Crippen LogP contribution is -2.51. The second-order valence-electron chi connectivity index (χ2n) is 5.17. The van der Waals surface area contributed by atoms with Crippen molar-refractivity contribution in [3.05, 3.63) is 23.8 Å². The normalized spacial score (nSPS) is 22.8. The summed E-state index contributed by atoms with van der Waals surface area (Å²) in [5.74, 6) is 0.425. The molecule has 2 rings (SSSR count). The van der Waals surface area contributed by atoms with Crippen LogP contribution >= 0.6 is 0 Å². The predicted octanol–water partition coefficient (Wildman–Crippen LogP) is 1.58. The molecule has 1 heterocycles. The van der Waals surface area contributed by atoms with Crippen LogP contribution in [0.3, 0.4) is 0 Å². The summed E-state index contributed by atoms with van der Waals surface area (Å²) < 4.78 is 10.5. The van der Waals surface area contributed by atoms with Crippen LogP contribution in [0.15, 0.2) is 18.2 Å². The van der Waals surface area contributed by atoms with E-state index in [1.807, 2.05) is 6.92 Å². The van der Waals surface area contributed by atoms with Gasteiger partial charge >= 0.3 is 0 Å². The SMILES string of the molecule is COc1cc(N)cc(C(=O)NC2(C)CCCOC2)c1. The van der Waals surface area contributed by atoms with E-state index in [4.69, 9.17) is 15.2 Å². The van der Waals surface area contributed by atoms with Gasteiger partial charge in [0.2, 0.25) is 0 Å². The molecule has 5 heteroatoms. The monoisotopic (exact) mass is 264 g/mol. The van der Waals surface area contributed by atoms with Crippen molar-refractivity contribution in [2.45, 2.75) is 25.3 Å². The Morgan fingerprint density at radius 2 is 2.26 bits per heavy atom. The van der Waals surface area contributed by atoms with E-state index < -0.39 is 0 Å². The molecule has 1 unspecified atom stereocenters. The zero-order valence-corrected chi connectivity index (χ0v) is 11.4. The Morgan fingerprint density at radius 3 is 2.89 bits per heavy atom. The average Bonchev–Trinajstić information content (AvgIpc) is 2.38. The van der Waals surface area contributed by atoms with Crippen molar-refractivity contribution in [1.82, 2.24) is 5.32 Å². The fourth-order valence-electron chi connectivity index (χ4n) is 2.25. The van der Waals surface area contributed by atoms with Crippen LogP contribution in [-0.4, -0.2) is 31.8 Å². The molecule has 1 aliphatic rings. The highest BCUT2D eigenvalue weighted by atomic mass is 16.5. The summed E-state index contributed by atoms with van der Waals surface area (Å²) in [6.45, 7) is 3.29. The molecule has 19 heavy (non-hydrogen) atoms. The van der Waals surface area contributed by atoms with Crippen molar-refractivity contribution in [3.63, 3.8) is 0 Å². The van der Waals surface area contributed by atoms with E-state index in [-0.39, 0.29) is 11.4 Å². The summed E-state index contributed by atoms with van der Waals surface area (Å²) in [6.07, 6.45) is 1.87. The minimum absolute atomic E-state index is 0.154. The number of amides is 1. The molecule has 0 aliphatic carbocycles. The molecular weight excluding hydrogens is 244 g/mol. The lowest BCUT2D eigenvalue weighted by molar-refractivity contribution is 0.0272. The molecule has 1 amide bonds. The topological polar surface area (TPSA) is 73.6 Å². The fraction of sp³-hybridized carbons (Fsp3) is 0.500.